The number of rotatable bonds is 5. The highest BCUT2D eigenvalue weighted by Gasteiger charge is 2.13. The van der Waals surface area contributed by atoms with Crippen LogP contribution in [0, 0.1) is 6.92 Å². The predicted molar refractivity (Wildman–Crippen MR) is 125 cm³/mol. The summed E-state index contributed by atoms with van der Waals surface area (Å²) < 4.78 is 0. The largest absolute Gasteiger partial charge is 0.255 e. The van der Waals surface area contributed by atoms with Gasteiger partial charge >= 0.3 is 0 Å². The maximum absolute atomic E-state index is 4.78. The Kier molecular flexibility index (Phi) is 6.03. The molecule has 3 aromatic heterocycles. The molecule has 0 amide bonds. The van der Waals surface area contributed by atoms with Gasteiger partial charge in [-0.05, 0) is 50.6 Å². The van der Waals surface area contributed by atoms with Gasteiger partial charge in [-0.3, -0.25) is 9.97 Å². The highest BCUT2D eigenvalue weighted by Crippen LogP contribution is 2.25. The van der Waals surface area contributed by atoms with E-state index in [0.717, 1.165) is 33.7 Å². The molecule has 31 heavy (non-hydrogen) atoms. The number of hydrogen-bond acceptors (Lipinski definition) is 5. The molecule has 0 bridgehead atoms. The third-order valence-electron chi connectivity index (χ3n) is 4.78. The van der Waals surface area contributed by atoms with Gasteiger partial charge in [0.25, 0.3) is 0 Å². The van der Waals surface area contributed by atoms with Gasteiger partial charge in [0.05, 0.1) is 11.4 Å². The summed E-state index contributed by atoms with van der Waals surface area (Å²) in [7, 11) is 0. The van der Waals surface area contributed by atoms with Crippen LogP contribution in [0.25, 0.3) is 39.7 Å². The zero-order valence-electron chi connectivity index (χ0n) is 17.8. The van der Waals surface area contributed by atoms with E-state index in [0.29, 0.717) is 17.5 Å². The van der Waals surface area contributed by atoms with Gasteiger partial charge in [-0.2, -0.15) is 0 Å². The van der Waals surface area contributed by atoms with E-state index in [1.54, 1.807) is 12.4 Å². The van der Waals surface area contributed by atoms with Crippen molar-refractivity contribution < 1.29 is 0 Å². The quantitative estimate of drug-likeness (QED) is 0.384. The number of allylic oxidation sites excluding steroid dienone is 4. The summed E-state index contributed by atoms with van der Waals surface area (Å²) in [5.41, 5.74) is 5.49. The van der Waals surface area contributed by atoms with Crippen LogP contribution in [-0.4, -0.2) is 24.9 Å². The lowest BCUT2D eigenvalue weighted by Gasteiger charge is -2.09. The van der Waals surface area contributed by atoms with Crippen molar-refractivity contribution >= 4 is 5.57 Å². The van der Waals surface area contributed by atoms with E-state index in [2.05, 4.69) is 9.97 Å². The standard InChI is InChI=1S/C26H23N5/c1-4-9-19(5-2)24-29-25(20-10-7-6-8-11-20)31-26(30-24)21-13-15-28-23(17-21)22-16-18(3)12-14-27-22/h4-17H,1-3H3/b9-4-,19-5+. The van der Waals surface area contributed by atoms with Crippen LogP contribution in [0.15, 0.2) is 85.2 Å². The van der Waals surface area contributed by atoms with Crippen molar-refractivity contribution in [1.82, 2.24) is 24.9 Å². The number of pyridine rings is 2. The van der Waals surface area contributed by atoms with Gasteiger partial charge in [0.15, 0.2) is 17.5 Å². The van der Waals surface area contributed by atoms with Crippen LogP contribution in [0.5, 0.6) is 0 Å². The average molecular weight is 406 g/mol. The number of aryl methyl sites for hydroxylation is 1. The highest BCUT2D eigenvalue weighted by molar-refractivity contribution is 5.73. The third kappa shape index (κ3) is 4.61. The van der Waals surface area contributed by atoms with E-state index >= 15 is 0 Å². The van der Waals surface area contributed by atoms with Gasteiger partial charge < -0.3 is 0 Å². The van der Waals surface area contributed by atoms with Crippen LogP contribution in [0.3, 0.4) is 0 Å². The average Bonchev–Trinajstić information content (AvgIpc) is 2.83. The molecule has 5 nitrogen and oxygen atoms in total. The van der Waals surface area contributed by atoms with Gasteiger partial charge in [0.2, 0.25) is 0 Å². The lowest BCUT2D eigenvalue weighted by atomic mass is 10.1. The maximum Gasteiger partial charge on any atom is 0.164 e. The SMILES string of the molecule is C/C=C\C(=C/C)c1nc(-c2ccccc2)nc(-c2ccnc(-c3cc(C)ccn3)c2)n1. The van der Waals surface area contributed by atoms with Crippen molar-refractivity contribution in [1.29, 1.82) is 0 Å². The molecule has 0 unspecified atom stereocenters. The lowest BCUT2D eigenvalue weighted by molar-refractivity contribution is 1.03. The molecule has 0 N–H and O–H groups in total. The third-order valence-corrected chi connectivity index (χ3v) is 4.78. The molecular formula is C26H23N5. The number of aromatic nitrogens is 5. The van der Waals surface area contributed by atoms with Crippen LogP contribution in [-0.2, 0) is 0 Å². The molecule has 3 heterocycles. The molecular weight excluding hydrogens is 382 g/mol. The van der Waals surface area contributed by atoms with Crippen molar-refractivity contribution in [3.63, 3.8) is 0 Å². The van der Waals surface area contributed by atoms with Gasteiger partial charge in [0, 0.05) is 29.1 Å². The topological polar surface area (TPSA) is 64.5 Å². The first-order chi connectivity index (χ1) is 15.2. The molecule has 0 aliphatic carbocycles. The number of nitrogens with zero attached hydrogens (tertiary/aromatic N) is 5. The van der Waals surface area contributed by atoms with E-state index in [1.165, 1.54) is 0 Å². The van der Waals surface area contributed by atoms with Crippen molar-refractivity contribution in [2.75, 3.05) is 0 Å². The second kappa shape index (κ2) is 9.22. The summed E-state index contributed by atoms with van der Waals surface area (Å²) in [6.07, 6.45) is 9.55. The van der Waals surface area contributed by atoms with Gasteiger partial charge in [-0.25, -0.2) is 15.0 Å². The normalized spacial score (nSPS) is 11.8. The second-order valence-electron chi connectivity index (χ2n) is 7.06. The molecule has 1 aromatic carbocycles. The molecule has 4 rings (SSSR count). The second-order valence-corrected chi connectivity index (χ2v) is 7.06. The zero-order valence-corrected chi connectivity index (χ0v) is 17.8. The molecule has 0 fully saturated rings. The summed E-state index contributed by atoms with van der Waals surface area (Å²) in [6.45, 7) is 6.00. The minimum absolute atomic E-state index is 0.601. The molecule has 0 radical (unpaired) electrons. The Balaban J connectivity index is 1.87. The lowest BCUT2D eigenvalue weighted by Crippen LogP contribution is -2.02. The molecule has 0 aliphatic heterocycles. The van der Waals surface area contributed by atoms with Crippen molar-refractivity contribution in [3.8, 4) is 34.2 Å². The molecule has 0 aliphatic rings. The summed E-state index contributed by atoms with van der Waals surface area (Å²) in [5.74, 6) is 1.87. The first kappa shape index (κ1) is 20.3. The monoisotopic (exact) mass is 405 g/mol. The first-order valence-corrected chi connectivity index (χ1v) is 10.2. The minimum atomic E-state index is 0.601. The number of hydrogen-bond donors (Lipinski definition) is 0. The molecule has 152 valence electrons. The fourth-order valence-corrected chi connectivity index (χ4v) is 3.22. The Morgan fingerprint density at radius 2 is 1.42 bits per heavy atom. The van der Waals surface area contributed by atoms with E-state index in [-0.39, 0.29) is 0 Å². The highest BCUT2D eigenvalue weighted by atomic mass is 15.0. The van der Waals surface area contributed by atoms with Crippen molar-refractivity contribution in [2.24, 2.45) is 0 Å². The van der Waals surface area contributed by atoms with E-state index < -0.39 is 0 Å². The molecule has 0 saturated carbocycles. The molecule has 0 spiro atoms. The Hall–Kier alpha value is -3.99. The van der Waals surface area contributed by atoms with E-state index in [4.69, 9.17) is 15.0 Å². The van der Waals surface area contributed by atoms with E-state index in [1.807, 2.05) is 93.6 Å². The minimum Gasteiger partial charge on any atom is -0.255 e. The Morgan fingerprint density at radius 1 is 0.742 bits per heavy atom. The van der Waals surface area contributed by atoms with Crippen LogP contribution in [0.1, 0.15) is 25.2 Å². The van der Waals surface area contributed by atoms with Gasteiger partial charge in [-0.15, -0.1) is 0 Å². The molecule has 0 atom stereocenters. The Bertz CT molecular complexity index is 1260. The van der Waals surface area contributed by atoms with Crippen LogP contribution in [0.2, 0.25) is 0 Å². The van der Waals surface area contributed by atoms with E-state index in [9.17, 15) is 0 Å². The fourth-order valence-electron chi connectivity index (χ4n) is 3.22. The Morgan fingerprint density at radius 3 is 2.10 bits per heavy atom. The Labute approximate surface area is 182 Å². The molecule has 0 saturated heterocycles. The predicted octanol–water partition coefficient (Wildman–Crippen LogP) is 5.95. The maximum atomic E-state index is 4.78. The van der Waals surface area contributed by atoms with Crippen LogP contribution >= 0.6 is 0 Å². The summed E-state index contributed by atoms with van der Waals surface area (Å²) in [4.78, 5) is 23.3. The molecule has 5 heteroatoms. The van der Waals surface area contributed by atoms with Crippen molar-refractivity contribution in [2.45, 2.75) is 20.8 Å². The zero-order chi connectivity index (χ0) is 21.6. The van der Waals surface area contributed by atoms with Crippen LogP contribution in [0.4, 0.5) is 0 Å². The first-order valence-electron chi connectivity index (χ1n) is 10.2. The summed E-state index contributed by atoms with van der Waals surface area (Å²) >= 11 is 0. The fraction of sp³-hybridized carbons (Fsp3) is 0.115. The summed E-state index contributed by atoms with van der Waals surface area (Å²) in [6, 6.07) is 17.8. The van der Waals surface area contributed by atoms with Crippen LogP contribution < -0.4 is 0 Å². The number of benzene rings is 1. The van der Waals surface area contributed by atoms with Gasteiger partial charge in [-0.1, -0.05) is 48.6 Å². The van der Waals surface area contributed by atoms with Crippen molar-refractivity contribution in [3.05, 3.63) is 96.6 Å². The molecule has 4 aromatic rings. The smallest absolute Gasteiger partial charge is 0.164 e. The van der Waals surface area contributed by atoms with Gasteiger partial charge in [0.1, 0.15) is 0 Å². The summed E-state index contributed by atoms with van der Waals surface area (Å²) in [5, 5.41) is 0.